The maximum Gasteiger partial charge on any atom is 0.406 e. The third-order valence-corrected chi connectivity index (χ3v) is 5.20. The molecule has 2 aromatic rings. The van der Waals surface area contributed by atoms with Crippen molar-refractivity contribution in [2.45, 2.75) is 32.6 Å². The van der Waals surface area contributed by atoms with Gasteiger partial charge in [-0.05, 0) is 52.9 Å². The minimum atomic E-state index is -0.520. The number of rotatable bonds is 9. The Kier molecular flexibility index (Phi) is 7.83. The molecule has 170 valence electrons. The molecule has 0 radical (unpaired) electrons. The molecule has 0 aromatic heterocycles. The lowest BCUT2D eigenvalue weighted by Crippen LogP contribution is -2.22. The van der Waals surface area contributed by atoms with E-state index in [1.807, 2.05) is 43.3 Å². The Bertz CT molecular complexity index is 1010. The monoisotopic (exact) mass is 439 g/mol. The molecule has 0 spiro atoms. The Hall–Kier alpha value is -3.39. The summed E-state index contributed by atoms with van der Waals surface area (Å²) in [5.41, 5.74) is 5.23. The lowest BCUT2D eigenvalue weighted by atomic mass is 9.97. The predicted molar refractivity (Wildman–Crippen MR) is 123 cm³/mol. The Morgan fingerprint density at radius 1 is 0.906 bits per heavy atom. The average molecular weight is 440 g/mol. The van der Waals surface area contributed by atoms with Crippen LogP contribution in [-0.2, 0) is 19.1 Å². The zero-order chi connectivity index (χ0) is 23.1. The number of alkyl carbamates (subject to hydrolysis) is 1. The molecule has 0 saturated carbocycles. The molecule has 1 aliphatic carbocycles. The molecule has 3 amide bonds. The van der Waals surface area contributed by atoms with Crippen LogP contribution in [0.3, 0.4) is 0 Å². The summed E-state index contributed by atoms with van der Waals surface area (Å²) in [7, 11) is 1.51. The molecule has 0 saturated heterocycles. The van der Waals surface area contributed by atoms with Crippen molar-refractivity contribution in [1.82, 2.24) is 5.32 Å². The summed E-state index contributed by atoms with van der Waals surface area (Å²) in [5, 5.41) is 8.19. The van der Waals surface area contributed by atoms with Gasteiger partial charge in [0.2, 0.25) is 11.8 Å². The lowest BCUT2D eigenvalue weighted by Gasteiger charge is -2.16. The summed E-state index contributed by atoms with van der Waals surface area (Å²) >= 11 is 0. The van der Waals surface area contributed by atoms with Crippen molar-refractivity contribution in [3.05, 3.63) is 47.5 Å². The summed E-state index contributed by atoms with van der Waals surface area (Å²) in [6, 6.07) is 11.4. The number of hydrogen-bond acceptors (Lipinski definition) is 5. The van der Waals surface area contributed by atoms with Crippen LogP contribution < -0.4 is 16.0 Å². The van der Waals surface area contributed by atoms with Crippen molar-refractivity contribution < 1.29 is 23.9 Å². The molecule has 0 fully saturated rings. The second kappa shape index (κ2) is 10.8. The molecule has 32 heavy (non-hydrogen) atoms. The quantitative estimate of drug-likeness (QED) is 0.515. The van der Waals surface area contributed by atoms with Crippen LogP contribution in [0.1, 0.15) is 43.7 Å². The van der Waals surface area contributed by atoms with Gasteiger partial charge < -0.3 is 25.4 Å². The number of benzene rings is 2. The molecule has 1 atom stereocenters. The standard InChI is InChI=1S/C24H29N3O5/c1-4-10-31-14-23(29)27-16-7-9-18-17-8-6-15(26-22(28)5-2)11-19(17)21(20(18)12-16)13-32-24(30)25-3/h6-9,11-12,21H,4-5,10,13-14H2,1-3H3,(H,25,30)(H,26,28)(H,27,29). The highest BCUT2D eigenvalue weighted by molar-refractivity contribution is 5.94. The van der Waals surface area contributed by atoms with E-state index in [1.165, 1.54) is 7.05 Å². The number of nitrogens with one attached hydrogen (secondary N) is 3. The molecule has 8 nitrogen and oxygen atoms in total. The molecule has 0 heterocycles. The van der Waals surface area contributed by atoms with Crippen molar-refractivity contribution in [3.8, 4) is 11.1 Å². The SMILES string of the molecule is CCCOCC(=O)Nc1ccc2c(c1)C(COC(=O)NC)c1cc(NC(=O)CC)ccc1-2. The van der Waals surface area contributed by atoms with E-state index in [4.69, 9.17) is 9.47 Å². The van der Waals surface area contributed by atoms with Crippen LogP contribution in [-0.4, -0.2) is 44.8 Å². The van der Waals surface area contributed by atoms with Crippen molar-refractivity contribution in [2.75, 3.05) is 37.5 Å². The second-order valence-electron chi connectivity index (χ2n) is 7.51. The van der Waals surface area contributed by atoms with Crippen molar-refractivity contribution in [3.63, 3.8) is 0 Å². The number of ether oxygens (including phenoxy) is 2. The molecule has 2 aromatic carbocycles. The zero-order valence-electron chi connectivity index (χ0n) is 18.6. The van der Waals surface area contributed by atoms with Crippen LogP contribution in [0.15, 0.2) is 36.4 Å². The lowest BCUT2D eigenvalue weighted by molar-refractivity contribution is -0.120. The van der Waals surface area contributed by atoms with Crippen LogP contribution in [0.5, 0.6) is 0 Å². The van der Waals surface area contributed by atoms with E-state index >= 15 is 0 Å². The van der Waals surface area contributed by atoms with Crippen LogP contribution in [0, 0.1) is 0 Å². The first-order valence-electron chi connectivity index (χ1n) is 10.8. The van der Waals surface area contributed by atoms with Gasteiger partial charge in [-0.3, -0.25) is 9.59 Å². The van der Waals surface area contributed by atoms with E-state index < -0.39 is 6.09 Å². The molecule has 3 N–H and O–H groups in total. The van der Waals surface area contributed by atoms with E-state index in [0.717, 1.165) is 28.7 Å². The highest BCUT2D eigenvalue weighted by atomic mass is 16.5. The molecule has 8 heteroatoms. The maximum absolute atomic E-state index is 12.2. The number of hydrogen-bond donors (Lipinski definition) is 3. The van der Waals surface area contributed by atoms with E-state index in [9.17, 15) is 14.4 Å². The highest BCUT2D eigenvalue weighted by Crippen LogP contribution is 2.46. The smallest absolute Gasteiger partial charge is 0.406 e. The molecule has 1 unspecified atom stereocenters. The molecular formula is C24H29N3O5. The maximum atomic E-state index is 12.2. The molecule has 0 bridgehead atoms. The first-order chi connectivity index (χ1) is 15.5. The highest BCUT2D eigenvalue weighted by Gasteiger charge is 2.30. The van der Waals surface area contributed by atoms with Crippen molar-refractivity contribution in [1.29, 1.82) is 0 Å². The van der Waals surface area contributed by atoms with Gasteiger partial charge in [-0.25, -0.2) is 4.79 Å². The van der Waals surface area contributed by atoms with E-state index in [0.29, 0.717) is 24.4 Å². The number of anilines is 2. The third-order valence-electron chi connectivity index (χ3n) is 5.20. The van der Waals surface area contributed by atoms with Gasteiger partial charge in [0, 0.05) is 37.4 Å². The van der Waals surface area contributed by atoms with E-state index in [-0.39, 0.29) is 30.9 Å². The zero-order valence-corrected chi connectivity index (χ0v) is 18.6. The Morgan fingerprint density at radius 3 is 2.03 bits per heavy atom. The van der Waals surface area contributed by atoms with Crippen molar-refractivity contribution in [2.24, 2.45) is 0 Å². The molecule has 0 aliphatic heterocycles. The summed E-state index contributed by atoms with van der Waals surface area (Å²) < 4.78 is 10.7. The fourth-order valence-electron chi connectivity index (χ4n) is 3.68. The Morgan fingerprint density at radius 2 is 1.50 bits per heavy atom. The fraction of sp³-hybridized carbons (Fsp3) is 0.375. The summed E-state index contributed by atoms with van der Waals surface area (Å²) in [4.78, 5) is 35.7. The molecular weight excluding hydrogens is 410 g/mol. The Balaban J connectivity index is 1.88. The minimum absolute atomic E-state index is 0.00511. The van der Waals surface area contributed by atoms with E-state index in [2.05, 4.69) is 16.0 Å². The number of amides is 3. The summed E-state index contributed by atoms with van der Waals surface area (Å²) in [6.07, 6.45) is 0.705. The summed E-state index contributed by atoms with van der Waals surface area (Å²) in [5.74, 6) is -0.533. The minimum Gasteiger partial charge on any atom is -0.449 e. The van der Waals surface area contributed by atoms with Gasteiger partial charge in [-0.1, -0.05) is 26.0 Å². The Labute approximate surface area is 187 Å². The first kappa shape index (κ1) is 23.3. The fourth-order valence-corrected chi connectivity index (χ4v) is 3.68. The van der Waals surface area contributed by atoms with Crippen molar-refractivity contribution >= 4 is 29.3 Å². The van der Waals surface area contributed by atoms with Gasteiger partial charge in [0.25, 0.3) is 0 Å². The predicted octanol–water partition coefficient (Wildman–Crippen LogP) is 3.87. The second-order valence-corrected chi connectivity index (χ2v) is 7.51. The van der Waals surface area contributed by atoms with Crippen LogP contribution in [0.2, 0.25) is 0 Å². The van der Waals surface area contributed by atoms with E-state index in [1.54, 1.807) is 6.92 Å². The third kappa shape index (κ3) is 5.45. The number of fused-ring (bicyclic) bond motifs is 3. The van der Waals surface area contributed by atoms with Gasteiger partial charge in [-0.15, -0.1) is 0 Å². The van der Waals surface area contributed by atoms with Gasteiger partial charge in [0.1, 0.15) is 13.2 Å². The normalized spacial score (nSPS) is 13.7. The number of carbonyl (C=O) groups excluding carboxylic acids is 3. The number of carbonyl (C=O) groups is 3. The largest absolute Gasteiger partial charge is 0.449 e. The average Bonchev–Trinajstić information content (AvgIpc) is 3.09. The van der Waals surface area contributed by atoms with Gasteiger partial charge in [0.15, 0.2) is 0 Å². The van der Waals surface area contributed by atoms with Crippen LogP contribution >= 0.6 is 0 Å². The van der Waals surface area contributed by atoms with Gasteiger partial charge in [-0.2, -0.15) is 0 Å². The topological polar surface area (TPSA) is 106 Å². The molecule has 3 rings (SSSR count). The molecule has 1 aliphatic rings. The van der Waals surface area contributed by atoms with Crippen LogP contribution in [0.25, 0.3) is 11.1 Å². The van der Waals surface area contributed by atoms with Crippen LogP contribution in [0.4, 0.5) is 16.2 Å². The summed E-state index contributed by atoms with van der Waals surface area (Å²) in [6.45, 7) is 4.43. The van der Waals surface area contributed by atoms with Gasteiger partial charge >= 0.3 is 6.09 Å². The first-order valence-corrected chi connectivity index (χ1v) is 10.8. The van der Waals surface area contributed by atoms with Gasteiger partial charge in [0.05, 0.1) is 0 Å².